The van der Waals surface area contributed by atoms with E-state index in [-0.39, 0.29) is 11.8 Å². The van der Waals surface area contributed by atoms with Gasteiger partial charge in [0.15, 0.2) is 0 Å². The average Bonchev–Trinajstić information content (AvgIpc) is 2.78. The first kappa shape index (κ1) is 13.4. The third-order valence-corrected chi connectivity index (χ3v) is 3.48. The number of aromatic nitrogens is 1. The molecule has 2 heterocycles. The smallest absolute Gasteiger partial charge is 0.224 e. The van der Waals surface area contributed by atoms with Crippen LogP contribution in [-0.4, -0.2) is 30.5 Å². The van der Waals surface area contributed by atoms with Crippen molar-refractivity contribution in [2.24, 2.45) is 5.92 Å². The minimum absolute atomic E-state index is 0.0125. The van der Waals surface area contributed by atoms with Gasteiger partial charge in [-0.15, -0.1) is 0 Å². The molecular weight excluding hydrogens is 273 g/mol. The summed E-state index contributed by atoms with van der Waals surface area (Å²) in [6.45, 7) is 4.02. The van der Waals surface area contributed by atoms with E-state index in [0.29, 0.717) is 29.0 Å². The molecule has 2 rings (SSSR count). The molecule has 1 aliphatic rings. The predicted molar refractivity (Wildman–Crippen MR) is 73.3 cm³/mol. The van der Waals surface area contributed by atoms with Crippen LogP contribution in [0, 0.1) is 5.92 Å². The molecule has 0 radical (unpaired) electrons. The molecule has 18 heavy (non-hydrogen) atoms. The van der Waals surface area contributed by atoms with E-state index >= 15 is 0 Å². The van der Waals surface area contributed by atoms with Crippen molar-refractivity contribution in [2.75, 3.05) is 24.5 Å². The van der Waals surface area contributed by atoms with Gasteiger partial charge in [0.05, 0.1) is 16.0 Å². The molecule has 1 aromatic rings. The lowest BCUT2D eigenvalue weighted by Gasteiger charge is -2.18. The average molecular weight is 288 g/mol. The number of halogens is 2. The van der Waals surface area contributed by atoms with E-state index in [2.05, 4.69) is 10.3 Å². The SMILES string of the molecule is CCNC(=O)C1CCN(c2ncc(Cl)cc2Cl)C1. The third-order valence-electron chi connectivity index (χ3n) is 3.00. The molecular formula is C12H15Cl2N3O. The summed E-state index contributed by atoms with van der Waals surface area (Å²) >= 11 is 11.9. The predicted octanol–water partition coefficient (Wildman–Crippen LogP) is 2.35. The van der Waals surface area contributed by atoms with Gasteiger partial charge in [-0.3, -0.25) is 4.79 Å². The van der Waals surface area contributed by atoms with E-state index in [1.165, 1.54) is 0 Å². The van der Waals surface area contributed by atoms with Crippen molar-refractivity contribution < 1.29 is 4.79 Å². The van der Waals surface area contributed by atoms with Gasteiger partial charge in [0.2, 0.25) is 5.91 Å². The molecule has 98 valence electrons. The molecule has 1 saturated heterocycles. The molecule has 0 aliphatic carbocycles. The van der Waals surface area contributed by atoms with Crippen molar-refractivity contribution >= 4 is 34.9 Å². The number of hydrogen-bond acceptors (Lipinski definition) is 3. The van der Waals surface area contributed by atoms with Crippen LogP contribution in [0.25, 0.3) is 0 Å². The topological polar surface area (TPSA) is 45.2 Å². The molecule has 1 aliphatic heterocycles. The number of pyridine rings is 1. The third kappa shape index (κ3) is 2.87. The molecule has 0 bridgehead atoms. The lowest BCUT2D eigenvalue weighted by atomic mass is 10.1. The first-order chi connectivity index (χ1) is 8.61. The van der Waals surface area contributed by atoms with Crippen molar-refractivity contribution in [2.45, 2.75) is 13.3 Å². The Kier molecular flexibility index (Phi) is 4.30. The molecule has 1 atom stereocenters. The number of anilines is 1. The second-order valence-corrected chi connectivity index (χ2v) is 5.13. The summed E-state index contributed by atoms with van der Waals surface area (Å²) in [5, 5.41) is 3.89. The molecule has 0 saturated carbocycles. The number of carbonyl (C=O) groups is 1. The number of carbonyl (C=O) groups excluding carboxylic acids is 1. The van der Waals surface area contributed by atoms with Crippen LogP contribution in [0.2, 0.25) is 10.0 Å². The first-order valence-corrected chi connectivity index (χ1v) is 6.71. The highest BCUT2D eigenvalue weighted by Crippen LogP contribution is 2.30. The summed E-state index contributed by atoms with van der Waals surface area (Å²) in [7, 11) is 0. The molecule has 1 fully saturated rings. The Morgan fingerprint density at radius 3 is 3.06 bits per heavy atom. The van der Waals surface area contributed by atoms with E-state index in [1.807, 2.05) is 11.8 Å². The van der Waals surface area contributed by atoms with Crippen molar-refractivity contribution in [1.82, 2.24) is 10.3 Å². The maximum atomic E-state index is 11.7. The second kappa shape index (κ2) is 5.76. The van der Waals surface area contributed by atoms with E-state index in [9.17, 15) is 4.79 Å². The van der Waals surface area contributed by atoms with Gasteiger partial charge in [-0.25, -0.2) is 4.98 Å². The van der Waals surface area contributed by atoms with Gasteiger partial charge in [-0.05, 0) is 19.4 Å². The minimum atomic E-state index is 0.0125. The van der Waals surface area contributed by atoms with E-state index in [4.69, 9.17) is 23.2 Å². The lowest BCUT2D eigenvalue weighted by Crippen LogP contribution is -2.32. The van der Waals surface area contributed by atoms with Crippen LogP contribution in [0.3, 0.4) is 0 Å². The van der Waals surface area contributed by atoms with Gasteiger partial charge >= 0.3 is 0 Å². The normalized spacial score (nSPS) is 19.1. The molecule has 0 aromatic carbocycles. The van der Waals surface area contributed by atoms with Crippen LogP contribution in [-0.2, 0) is 4.79 Å². The zero-order valence-electron chi connectivity index (χ0n) is 10.1. The van der Waals surface area contributed by atoms with Gasteiger partial charge in [0, 0.05) is 25.8 Å². The van der Waals surface area contributed by atoms with Crippen LogP contribution in [0.1, 0.15) is 13.3 Å². The summed E-state index contributed by atoms with van der Waals surface area (Å²) in [5.74, 6) is 0.816. The zero-order valence-corrected chi connectivity index (χ0v) is 11.6. The molecule has 4 nitrogen and oxygen atoms in total. The molecule has 0 spiro atoms. The van der Waals surface area contributed by atoms with Crippen LogP contribution < -0.4 is 10.2 Å². The van der Waals surface area contributed by atoms with Gasteiger partial charge < -0.3 is 10.2 Å². The fraction of sp³-hybridized carbons (Fsp3) is 0.500. The number of nitrogens with one attached hydrogen (secondary N) is 1. The summed E-state index contributed by atoms with van der Waals surface area (Å²) < 4.78 is 0. The van der Waals surface area contributed by atoms with Gasteiger partial charge in [0.25, 0.3) is 0 Å². The highest BCUT2D eigenvalue weighted by atomic mass is 35.5. The Balaban J connectivity index is 2.06. The Morgan fingerprint density at radius 1 is 1.61 bits per heavy atom. The van der Waals surface area contributed by atoms with Crippen LogP contribution in [0.5, 0.6) is 0 Å². The van der Waals surface area contributed by atoms with Gasteiger partial charge in [-0.1, -0.05) is 23.2 Å². The van der Waals surface area contributed by atoms with E-state index in [0.717, 1.165) is 13.0 Å². The summed E-state index contributed by atoms with van der Waals surface area (Å²) in [5.41, 5.74) is 0. The van der Waals surface area contributed by atoms with Crippen molar-refractivity contribution in [3.63, 3.8) is 0 Å². The maximum Gasteiger partial charge on any atom is 0.224 e. The molecule has 1 aromatic heterocycles. The monoisotopic (exact) mass is 287 g/mol. The summed E-state index contributed by atoms with van der Waals surface area (Å²) in [6.07, 6.45) is 2.40. The van der Waals surface area contributed by atoms with Crippen molar-refractivity contribution in [3.05, 3.63) is 22.3 Å². The molecule has 6 heteroatoms. The molecule has 1 unspecified atom stereocenters. The Labute approximate surface area is 116 Å². The summed E-state index contributed by atoms with van der Waals surface area (Å²) in [6, 6.07) is 1.67. The Bertz CT molecular complexity index is 453. The Morgan fingerprint density at radius 2 is 2.39 bits per heavy atom. The summed E-state index contributed by atoms with van der Waals surface area (Å²) in [4.78, 5) is 18.0. The van der Waals surface area contributed by atoms with Crippen molar-refractivity contribution in [1.29, 1.82) is 0 Å². The van der Waals surface area contributed by atoms with E-state index in [1.54, 1.807) is 12.3 Å². The Hall–Kier alpha value is -1.000. The fourth-order valence-electron chi connectivity index (χ4n) is 2.13. The lowest BCUT2D eigenvalue weighted by molar-refractivity contribution is -0.124. The first-order valence-electron chi connectivity index (χ1n) is 5.95. The number of nitrogens with zero attached hydrogens (tertiary/aromatic N) is 2. The highest BCUT2D eigenvalue weighted by molar-refractivity contribution is 6.36. The van der Waals surface area contributed by atoms with Gasteiger partial charge in [-0.2, -0.15) is 0 Å². The van der Waals surface area contributed by atoms with Gasteiger partial charge in [0.1, 0.15) is 5.82 Å². The highest BCUT2D eigenvalue weighted by Gasteiger charge is 2.29. The minimum Gasteiger partial charge on any atom is -0.356 e. The number of amides is 1. The van der Waals surface area contributed by atoms with Crippen LogP contribution in [0.4, 0.5) is 5.82 Å². The number of hydrogen-bond donors (Lipinski definition) is 1. The van der Waals surface area contributed by atoms with Crippen molar-refractivity contribution in [3.8, 4) is 0 Å². The quantitative estimate of drug-likeness (QED) is 0.928. The molecule has 1 N–H and O–H groups in total. The maximum absolute atomic E-state index is 11.7. The van der Waals surface area contributed by atoms with E-state index < -0.39 is 0 Å². The zero-order chi connectivity index (χ0) is 13.1. The fourth-order valence-corrected chi connectivity index (χ4v) is 2.62. The molecule has 1 amide bonds. The van der Waals surface area contributed by atoms with Crippen LogP contribution >= 0.6 is 23.2 Å². The van der Waals surface area contributed by atoms with Crippen LogP contribution in [0.15, 0.2) is 12.3 Å². The standard InChI is InChI=1S/C12H15Cl2N3O/c1-2-15-12(18)8-3-4-17(7-8)11-10(14)5-9(13)6-16-11/h5-6,8H,2-4,7H2,1H3,(H,15,18). The second-order valence-electron chi connectivity index (χ2n) is 4.29. The largest absolute Gasteiger partial charge is 0.356 e. The number of rotatable bonds is 3.